The van der Waals surface area contributed by atoms with Crippen molar-refractivity contribution in [2.45, 2.75) is 25.4 Å². The van der Waals surface area contributed by atoms with E-state index in [0.29, 0.717) is 6.10 Å². The summed E-state index contributed by atoms with van der Waals surface area (Å²) in [6, 6.07) is 0. The number of nitrogens with two attached hydrogens (primary N) is 1. The SMILES string of the molecule is COC(CCN)C1CCSCC1. The molecule has 1 rings (SSSR count). The van der Waals surface area contributed by atoms with Gasteiger partial charge in [-0.05, 0) is 43.2 Å². The maximum Gasteiger partial charge on any atom is 0.0612 e. The molecule has 2 N–H and O–H groups in total. The fraction of sp³-hybridized carbons (Fsp3) is 1.00. The zero-order valence-corrected chi connectivity index (χ0v) is 8.61. The molecule has 1 heterocycles. The van der Waals surface area contributed by atoms with Gasteiger partial charge in [0.15, 0.2) is 0 Å². The Balaban J connectivity index is 2.29. The van der Waals surface area contributed by atoms with Crippen LogP contribution in [0.1, 0.15) is 19.3 Å². The topological polar surface area (TPSA) is 35.2 Å². The van der Waals surface area contributed by atoms with E-state index in [4.69, 9.17) is 10.5 Å². The number of hydrogen-bond donors (Lipinski definition) is 1. The average molecular weight is 189 g/mol. The first-order valence-electron chi connectivity index (χ1n) is 4.69. The van der Waals surface area contributed by atoms with Crippen molar-refractivity contribution in [1.29, 1.82) is 0 Å². The fourth-order valence-corrected chi connectivity index (χ4v) is 2.94. The third-order valence-electron chi connectivity index (χ3n) is 2.55. The van der Waals surface area contributed by atoms with E-state index in [1.807, 2.05) is 7.11 Å². The van der Waals surface area contributed by atoms with Crippen molar-refractivity contribution in [1.82, 2.24) is 0 Å². The zero-order chi connectivity index (χ0) is 8.81. The van der Waals surface area contributed by atoms with Crippen molar-refractivity contribution < 1.29 is 4.74 Å². The largest absolute Gasteiger partial charge is 0.381 e. The molecule has 0 aromatic carbocycles. The first-order chi connectivity index (χ1) is 5.88. The van der Waals surface area contributed by atoms with Crippen LogP contribution in [0.5, 0.6) is 0 Å². The minimum atomic E-state index is 0.413. The van der Waals surface area contributed by atoms with Crippen molar-refractivity contribution in [3.8, 4) is 0 Å². The van der Waals surface area contributed by atoms with E-state index >= 15 is 0 Å². The molecule has 1 aliphatic heterocycles. The molecule has 1 unspecified atom stereocenters. The molecule has 0 aromatic heterocycles. The van der Waals surface area contributed by atoms with Gasteiger partial charge in [0.05, 0.1) is 6.10 Å². The molecule has 2 nitrogen and oxygen atoms in total. The Hall–Kier alpha value is 0.270. The monoisotopic (exact) mass is 189 g/mol. The molecule has 1 atom stereocenters. The third-order valence-corrected chi connectivity index (χ3v) is 3.59. The summed E-state index contributed by atoms with van der Waals surface area (Å²) in [6.07, 6.45) is 4.05. The van der Waals surface area contributed by atoms with E-state index in [2.05, 4.69) is 11.8 Å². The highest BCUT2D eigenvalue weighted by atomic mass is 32.2. The molecule has 3 heteroatoms. The van der Waals surface area contributed by atoms with E-state index < -0.39 is 0 Å². The van der Waals surface area contributed by atoms with Gasteiger partial charge in [-0.15, -0.1) is 0 Å². The minimum Gasteiger partial charge on any atom is -0.381 e. The number of rotatable bonds is 4. The lowest BCUT2D eigenvalue weighted by molar-refractivity contribution is 0.0438. The van der Waals surface area contributed by atoms with E-state index in [-0.39, 0.29) is 0 Å². The standard InChI is InChI=1S/C9H19NOS/c1-11-9(2-5-10)8-3-6-12-7-4-8/h8-9H,2-7,10H2,1H3. The predicted molar refractivity (Wildman–Crippen MR) is 54.5 cm³/mol. The lowest BCUT2D eigenvalue weighted by atomic mass is 9.94. The second-order valence-corrected chi connectivity index (χ2v) is 4.53. The van der Waals surface area contributed by atoms with Crippen LogP contribution in [0.3, 0.4) is 0 Å². The van der Waals surface area contributed by atoms with Gasteiger partial charge >= 0.3 is 0 Å². The van der Waals surface area contributed by atoms with Gasteiger partial charge in [-0.3, -0.25) is 0 Å². The van der Waals surface area contributed by atoms with Crippen molar-refractivity contribution in [3.63, 3.8) is 0 Å². The predicted octanol–water partition coefficient (Wildman–Crippen LogP) is 1.49. The molecular weight excluding hydrogens is 170 g/mol. The molecule has 0 bridgehead atoms. The summed E-state index contributed by atoms with van der Waals surface area (Å²) in [5.74, 6) is 3.37. The Morgan fingerprint density at radius 2 is 2.17 bits per heavy atom. The quantitative estimate of drug-likeness (QED) is 0.728. The summed E-state index contributed by atoms with van der Waals surface area (Å²) in [6.45, 7) is 0.752. The number of thioether (sulfide) groups is 1. The van der Waals surface area contributed by atoms with Crippen LogP contribution in [-0.2, 0) is 4.74 Å². The van der Waals surface area contributed by atoms with Crippen molar-refractivity contribution in [3.05, 3.63) is 0 Å². The van der Waals surface area contributed by atoms with Gasteiger partial charge in [0, 0.05) is 7.11 Å². The normalized spacial score (nSPS) is 22.5. The van der Waals surface area contributed by atoms with Crippen LogP contribution in [-0.4, -0.2) is 31.3 Å². The summed E-state index contributed by atoms with van der Waals surface area (Å²) in [5.41, 5.74) is 5.53. The molecule has 1 aliphatic rings. The van der Waals surface area contributed by atoms with Crippen LogP contribution < -0.4 is 5.73 Å². The average Bonchev–Trinajstić information content (AvgIpc) is 2.15. The number of hydrogen-bond acceptors (Lipinski definition) is 3. The van der Waals surface area contributed by atoms with Crippen molar-refractivity contribution in [2.75, 3.05) is 25.2 Å². The maximum absolute atomic E-state index is 5.53. The molecule has 0 aliphatic carbocycles. The molecule has 1 fully saturated rings. The highest BCUT2D eigenvalue weighted by molar-refractivity contribution is 7.99. The zero-order valence-electron chi connectivity index (χ0n) is 7.79. The lowest BCUT2D eigenvalue weighted by Gasteiger charge is -2.28. The minimum absolute atomic E-state index is 0.413. The summed E-state index contributed by atoms with van der Waals surface area (Å²) >= 11 is 2.06. The Kier molecular flexibility index (Phi) is 5.04. The summed E-state index contributed by atoms with van der Waals surface area (Å²) in [4.78, 5) is 0. The second-order valence-electron chi connectivity index (χ2n) is 3.30. The Labute approximate surface area is 79.2 Å². The number of methoxy groups -OCH3 is 1. The molecule has 0 aromatic rings. The van der Waals surface area contributed by atoms with Gasteiger partial charge in [-0.25, -0.2) is 0 Å². The highest BCUT2D eigenvalue weighted by Crippen LogP contribution is 2.27. The molecule has 1 saturated heterocycles. The van der Waals surface area contributed by atoms with Crippen LogP contribution in [0.25, 0.3) is 0 Å². The van der Waals surface area contributed by atoms with Gasteiger partial charge in [0.2, 0.25) is 0 Å². The fourth-order valence-electron chi connectivity index (χ4n) is 1.80. The first-order valence-corrected chi connectivity index (χ1v) is 5.84. The van der Waals surface area contributed by atoms with Crippen LogP contribution in [0.15, 0.2) is 0 Å². The van der Waals surface area contributed by atoms with E-state index in [1.165, 1.54) is 24.3 Å². The molecule has 0 spiro atoms. The van der Waals surface area contributed by atoms with Crippen LogP contribution in [0, 0.1) is 5.92 Å². The van der Waals surface area contributed by atoms with Crippen molar-refractivity contribution in [2.24, 2.45) is 11.7 Å². The second kappa shape index (κ2) is 5.84. The van der Waals surface area contributed by atoms with Gasteiger partial charge in [-0.1, -0.05) is 0 Å². The smallest absolute Gasteiger partial charge is 0.0612 e. The van der Waals surface area contributed by atoms with Crippen LogP contribution in [0.2, 0.25) is 0 Å². The van der Waals surface area contributed by atoms with Gasteiger partial charge in [0.25, 0.3) is 0 Å². The molecule has 72 valence electrons. The molecule has 0 saturated carbocycles. The molecule has 12 heavy (non-hydrogen) atoms. The van der Waals surface area contributed by atoms with Gasteiger partial charge in [-0.2, -0.15) is 11.8 Å². The summed E-state index contributed by atoms with van der Waals surface area (Å²) in [5, 5.41) is 0. The van der Waals surface area contributed by atoms with Crippen molar-refractivity contribution >= 4 is 11.8 Å². The van der Waals surface area contributed by atoms with E-state index in [0.717, 1.165) is 18.9 Å². The first kappa shape index (κ1) is 10.4. The molecular formula is C9H19NOS. The van der Waals surface area contributed by atoms with E-state index in [1.54, 1.807) is 0 Å². The molecule has 0 amide bonds. The number of ether oxygens (including phenoxy) is 1. The summed E-state index contributed by atoms with van der Waals surface area (Å²) < 4.78 is 5.44. The Morgan fingerprint density at radius 3 is 2.67 bits per heavy atom. The Bertz CT molecular complexity index is 112. The molecule has 0 radical (unpaired) electrons. The van der Waals surface area contributed by atoms with Crippen LogP contribution >= 0.6 is 11.8 Å². The van der Waals surface area contributed by atoms with E-state index in [9.17, 15) is 0 Å². The Morgan fingerprint density at radius 1 is 1.50 bits per heavy atom. The lowest BCUT2D eigenvalue weighted by Crippen LogP contribution is -2.28. The maximum atomic E-state index is 5.53. The third kappa shape index (κ3) is 2.96. The van der Waals surface area contributed by atoms with Gasteiger partial charge in [0.1, 0.15) is 0 Å². The van der Waals surface area contributed by atoms with Crippen LogP contribution in [0.4, 0.5) is 0 Å². The van der Waals surface area contributed by atoms with Gasteiger partial charge < -0.3 is 10.5 Å². The highest BCUT2D eigenvalue weighted by Gasteiger charge is 2.22. The summed E-state index contributed by atoms with van der Waals surface area (Å²) in [7, 11) is 1.81.